The Morgan fingerprint density at radius 3 is 2.61 bits per heavy atom. The average Bonchev–Trinajstić information content (AvgIpc) is 2.92. The number of aryl methyl sites for hydroxylation is 1. The smallest absolute Gasteiger partial charge is 0.175 e. The van der Waals surface area contributed by atoms with Gasteiger partial charge in [0, 0.05) is 5.02 Å². The quantitative estimate of drug-likeness (QED) is 0.826. The Morgan fingerprint density at radius 1 is 1.00 bits per heavy atom. The molecule has 2 aromatic rings. The molecular formula is C17H16ClN5. The first-order valence-corrected chi connectivity index (χ1v) is 7.64. The second-order valence-electron chi connectivity index (χ2n) is 5.10. The zero-order valence-electron chi connectivity index (χ0n) is 12.4. The predicted octanol–water partition coefficient (Wildman–Crippen LogP) is 3.47. The minimum Gasteiger partial charge on any atom is -0.380 e. The van der Waals surface area contributed by atoms with Crippen molar-refractivity contribution in [3.63, 3.8) is 0 Å². The first kappa shape index (κ1) is 15.2. The SMILES string of the molecule is NC1=NN=C(CCc2ccccc2)/C1=N\Nc1cccc(Cl)c1. The number of nitrogens with two attached hydrogens (primary N) is 1. The zero-order valence-corrected chi connectivity index (χ0v) is 13.2. The van der Waals surface area contributed by atoms with E-state index in [0.717, 1.165) is 24.2 Å². The number of hydrazone groups is 1. The number of amidine groups is 1. The summed E-state index contributed by atoms with van der Waals surface area (Å²) in [5, 5.41) is 13.0. The van der Waals surface area contributed by atoms with Crippen LogP contribution < -0.4 is 11.2 Å². The number of halogens is 1. The van der Waals surface area contributed by atoms with Crippen molar-refractivity contribution in [3.8, 4) is 0 Å². The van der Waals surface area contributed by atoms with Crippen molar-refractivity contribution in [1.82, 2.24) is 0 Å². The standard InChI is InChI=1S/C17H16ClN5/c18-13-7-4-8-14(11-13)20-22-16-15(21-23-17(16)19)10-9-12-5-2-1-3-6-12/h1-8,11,20H,9-10H2,(H2,19,22,23). The largest absolute Gasteiger partial charge is 0.380 e. The van der Waals surface area contributed by atoms with Crippen LogP contribution in [0.15, 0.2) is 69.9 Å². The van der Waals surface area contributed by atoms with Crippen LogP contribution in [-0.2, 0) is 6.42 Å². The van der Waals surface area contributed by atoms with E-state index in [1.54, 1.807) is 12.1 Å². The molecule has 0 aliphatic carbocycles. The highest BCUT2D eigenvalue weighted by molar-refractivity contribution is 6.69. The van der Waals surface area contributed by atoms with E-state index in [1.165, 1.54) is 5.56 Å². The summed E-state index contributed by atoms with van der Waals surface area (Å²) in [7, 11) is 0. The van der Waals surface area contributed by atoms with Crippen molar-refractivity contribution in [2.45, 2.75) is 12.8 Å². The molecule has 5 nitrogen and oxygen atoms in total. The molecule has 6 heteroatoms. The first-order chi connectivity index (χ1) is 11.2. The van der Waals surface area contributed by atoms with Gasteiger partial charge in [0.15, 0.2) is 11.5 Å². The molecule has 0 fully saturated rings. The van der Waals surface area contributed by atoms with Gasteiger partial charge in [-0.2, -0.15) is 10.2 Å². The number of benzene rings is 2. The minimum atomic E-state index is 0.322. The molecule has 0 saturated heterocycles. The molecule has 1 aliphatic rings. The summed E-state index contributed by atoms with van der Waals surface area (Å²) < 4.78 is 0. The normalized spacial score (nSPS) is 15.4. The molecule has 0 amide bonds. The number of nitrogens with zero attached hydrogens (tertiary/aromatic N) is 3. The number of anilines is 1. The van der Waals surface area contributed by atoms with Gasteiger partial charge in [-0.15, -0.1) is 5.10 Å². The number of hydrogen-bond acceptors (Lipinski definition) is 5. The van der Waals surface area contributed by atoms with E-state index in [2.05, 4.69) is 32.9 Å². The Morgan fingerprint density at radius 2 is 1.83 bits per heavy atom. The van der Waals surface area contributed by atoms with Gasteiger partial charge in [-0.25, -0.2) is 0 Å². The number of nitrogens with one attached hydrogen (secondary N) is 1. The van der Waals surface area contributed by atoms with Crippen LogP contribution in [0.2, 0.25) is 5.02 Å². The van der Waals surface area contributed by atoms with Gasteiger partial charge in [-0.3, -0.25) is 5.43 Å². The number of rotatable bonds is 5. The maximum Gasteiger partial charge on any atom is 0.175 e. The van der Waals surface area contributed by atoms with Crippen molar-refractivity contribution >= 4 is 34.5 Å². The summed E-state index contributed by atoms with van der Waals surface area (Å²) in [6.07, 6.45) is 1.59. The van der Waals surface area contributed by atoms with Gasteiger partial charge < -0.3 is 5.73 Å². The molecule has 0 saturated carbocycles. The van der Waals surface area contributed by atoms with Gasteiger partial charge in [-0.05, 0) is 36.6 Å². The van der Waals surface area contributed by atoms with Crippen molar-refractivity contribution in [1.29, 1.82) is 0 Å². The Labute approximate surface area is 139 Å². The van der Waals surface area contributed by atoms with Crippen LogP contribution in [0.3, 0.4) is 0 Å². The van der Waals surface area contributed by atoms with Crippen molar-refractivity contribution in [3.05, 3.63) is 65.2 Å². The minimum absolute atomic E-state index is 0.322. The van der Waals surface area contributed by atoms with Gasteiger partial charge in [0.2, 0.25) is 0 Å². The molecule has 1 heterocycles. The summed E-state index contributed by atoms with van der Waals surface area (Å²) >= 11 is 5.95. The number of hydrogen-bond donors (Lipinski definition) is 2. The van der Waals surface area contributed by atoms with Crippen LogP contribution in [0.4, 0.5) is 5.69 Å². The zero-order chi connectivity index (χ0) is 16.1. The third kappa shape index (κ3) is 3.96. The van der Waals surface area contributed by atoms with Crippen LogP contribution in [0.5, 0.6) is 0 Å². The Kier molecular flexibility index (Phi) is 4.68. The molecule has 23 heavy (non-hydrogen) atoms. The third-order valence-corrected chi connectivity index (χ3v) is 3.64. The molecule has 0 radical (unpaired) electrons. The summed E-state index contributed by atoms with van der Waals surface area (Å²) in [5.41, 5.74) is 12.2. The molecule has 3 rings (SSSR count). The van der Waals surface area contributed by atoms with Gasteiger partial charge >= 0.3 is 0 Å². The van der Waals surface area contributed by atoms with E-state index in [-0.39, 0.29) is 0 Å². The average molecular weight is 326 g/mol. The second-order valence-corrected chi connectivity index (χ2v) is 5.54. The maximum absolute atomic E-state index is 5.95. The molecule has 0 aromatic heterocycles. The Hall–Kier alpha value is -2.66. The lowest BCUT2D eigenvalue weighted by Crippen LogP contribution is -2.28. The van der Waals surface area contributed by atoms with E-state index in [4.69, 9.17) is 17.3 Å². The molecule has 2 aromatic carbocycles. The van der Waals surface area contributed by atoms with Gasteiger partial charge in [0.25, 0.3) is 0 Å². The molecule has 0 spiro atoms. The van der Waals surface area contributed by atoms with Crippen LogP contribution in [0, 0.1) is 0 Å². The van der Waals surface area contributed by atoms with Crippen LogP contribution in [0.1, 0.15) is 12.0 Å². The van der Waals surface area contributed by atoms with Crippen molar-refractivity contribution < 1.29 is 0 Å². The second kappa shape index (κ2) is 7.07. The van der Waals surface area contributed by atoms with Gasteiger partial charge in [0.1, 0.15) is 0 Å². The monoisotopic (exact) mass is 325 g/mol. The Balaban J connectivity index is 1.68. The van der Waals surface area contributed by atoms with E-state index < -0.39 is 0 Å². The molecule has 3 N–H and O–H groups in total. The molecule has 0 atom stereocenters. The fraction of sp³-hybridized carbons (Fsp3) is 0.118. The highest BCUT2D eigenvalue weighted by Gasteiger charge is 2.19. The van der Waals surface area contributed by atoms with E-state index in [0.29, 0.717) is 16.6 Å². The highest BCUT2D eigenvalue weighted by atomic mass is 35.5. The first-order valence-electron chi connectivity index (χ1n) is 7.26. The molecule has 0 bridgehead atoms. The van der Waals surface area contributed by atoms with Crippen molar-refractivity contribution in [2.75, 3.05) is 5.43 Å². The fourth-order valence-corrected chi connectivity index (χ4v) is 2.42. The fourth-order valence-electron chi connectivity index (χ4n) is 2.23. The predicted molar refractivity (Wildman–Crippen MR) is 96.3 cm³/mol. The van der Waals surface area contributed by atoms with E-state index >= 15 is 0 Å². The van der Waals surface area contributed by atoms with Crippen LogP contribution in [-0.4, -0.2) is 17.3 Å². The topological polar surface area (TPSA) is 75.1 Å². The molecule has 0 unspecified atom stereocenters. The molecule has 1 aliphatic heterocycles. The third-order valence-electron chi connectivity index (χ3n) is 3.41. The lowest BCUT2D eigenvalue weighted by Gasteiger charge is -2.05. The Bertz CT molecular complexity index is 781. The lowest BCUT2D eigenvalue weighted by molar-refractivity contribution is 1.04. The van der Waals surface area contributed by atoms with Gasteiger partial charge in [-0.1, -0.05) is 48.0 Å². The molecule has 116 valence electrons. The summed E-state index contributed by atoms with van der Waals surface area (Å²) in [4.78, 5) is 0. The summed E-state index contributed by atoms with van der Waals surface area (Å²) in [5.74, 6) is 0.322. The summed E-state index contributed by atoms with van der Waals surface area (Å²) in [6, 6.07) is 17.5. The van der Waals surface area contributed by atoms with E-state index in [1.807, 2.05) is 30.3 Å². The summed E-state index contributed by atoms with van der Waals surface area (Å²) in [6.45, 7) is 0. The van der Waals surface area contributed by atoms with Crippen LogP contribution in [0.25, 0.3) is 0 Å². The lowest BCUT2D eigenvalue weighted by atomic mass is 10.0. The van der Waals surface area contributed by atoms with Crippen LogP contribution >= 0.6 is 11.6 Å². The molecular weight excluding hydrogens is 310 g/mol. The maximum atomic E-state index is 5.95. The van der Waals surface area contributed by atoms with Gasteiger partial charge in [0.05, 0.1) is 11.4 Å². The van der Waals surface area contributed by atoms with Crippen molar-refractivity contribution in [2.24, 2.45) is 21.0 Å². The highest BCUT2D eigenvalue weighted by Crippen LogP contribution is 2.15. The van der Waals surface area contributed by atoms with E-state index in [9.17, 15) is 0 Å².